The molecule has 2 unspecified atom stereocenters. The minimum Gasteiger partial charge on any atom is -0.544 e. The Morgan fingerprint density at radius 3 is 2.43 bits per heavy atom. The third-order valence-electron chi connectivity index (χ3n) is 8.76. The number of fused-ring (bicyclic) bond motifs is 1. The number of rotatable bonds is 6. The Labute approximate surface area is 230 Å². The predicted octanol–water partition coefficient (Wildman–Crippen LogP) is 6.84. The Kier molecular flexibility index (Phi) is 7.05. The summed E-state index contributed by atoms with van der Waals surface area (Å²) in [5.41, 5.74) is 16.3. The SMILES string of the molecule is CC1(N)CCC(Nc2c(C(N)=Nc3ccc(O[Si](C)(C)C(C)(C)C)cc3)cnn3cc(Br)cc23)C1(C)C. The highest BCUT2D eigenvalue weighted by atomic mass is 79.9. The van der Waals surface area contributed by atoms with E-state index in [1.165, 1.54) is 0 Å². The lowest BCUT2D eigenvalue weighted by molar-refractivity contribution is 0.215. The number of halogens is 1. The number of aliphatic imine (C=N–C) groups is 1. The smallest absolute Gasteiger partial charge is 0.250 e. The second-order valence-electron chi connectivity index (χ2n) is 12.6. The molecule has 2 heterocycles. The van der Waals surface area contributed by atoms with E-state index in [1.807, 2.05) is 41.0 Å². The molecule has 0 bridgehead atoms. The molecule has 5 N–H and O–H groups in total. The van der Waals surface area contributed by atoms with Gasteiger partial charge in [0.25, 0.3) is 0 Å². The average molecular weight is 586 g/mol. The lowest BCUT2D eigenvalue weighted by atomic mass is 9.75. The van der Waals surface area contributed by atoms with E-state index in [2.05, 4.69) is 81.0 Å². The van der Waals surface area contributed by atoms with Gasteiger partial charge in [0.15, 0.2) is 0 Å². The van der Waals surface area contributed by atoms with Crippen LogP contribution in [0.1, 0.15) is 59.9 Å². The van der Waals surface area contributed by atoms with Crippen LogP contribution in [0.25, 0.3) is 5.52 Å². The third-order valence-corrected chi connectivity index (χ3v) is 13.6. The van der Waals surface area contributed by atoms with Crippen molar-refractivity contribution < 1.29 is 4.43 Å². The summed E-state index contributed by atoms with van der Waals surface area (Å²) in [7, 11) is -1.91. The number of nitrogens with zero attached hydrogens (tertiary/aromatic N) is 3. The minimum absolute atomic E-state index is 0.111. The van der Waals surface area contributed by atoms with Crippen molar-refractivity contribution in [3.05, 3.63) is 52.8 Å². The molecule has 4 rings (SSSR count). The minimum atomic E-state index is -1.91. The Balaban J connectivity index is 1.67. The molecule has 0 saturated heterocycles. The first-order chi connectivity index (χ1) is 17.0. The van der Waals surface area contributed by atoms with Gasteiger partial charge in [-0.2, -0.15) is 5.10 Å². The van der Waals surface area contributed by atoms with Crippen molar-refractivity contribution in [3.8, 4) is 5.75 Å². The van der Waals surface area contributed by atoms with E-state index < -0.39 is 8.32 Å². The van der Waals surface area contributed by atoms with Crippen molar-refractivity contribution in [2.75, 3.05) is 5.32 Å². The van der Waals surface area contributed by atoms with E-state index in [4.69, 9.17) is 20.9 Å². The summed E-state index contributed by atoms with van der Waals surface area (Å²) < 4.78 is 9.21. The maximum Gasteiger partial charge on any atom is 0.250 e. The number of amidine groups is 1. The molecule has 2 aromatic heterocycles. The zero-order chi connectivity index (χ0) is 27.4. The number of aromatic nitrogens is 2. The van der Waals surface area contributed by atoms with Gasteiger partial charge >= 0.3 is 0 Å². The van der Waals surface area contributed by atoms with Crippen molar-refractivity contribution >= 4 is 47.0 Å². The van der Waals surface area contributed by atoms with Gasteiger partial charge in [-0.25, -0.2) is 9.51 Å². The zero-order valence-corrected chi connectivity index (χ0v) is 25.9. The molecule has 200 valence electrons. The monoisotopic (exact) mass is 584 g/mol. The van der Waals surface area contributed by atoms with Crippen LogP contribution in [0.4, 0.5) is 11.4 Å². The zero-order valence-electron chi connectivity index (χ0n) is 23.3. The normalized spacial score (nSPS) is 22.4. The van der Waals surface area contributed by atoms with E-state index in [0.717, 1.165) is 45.5 Å². The van der Waals surface area contributed by atoms with Crippen molar-refractivity contribution in [2.45, 2.75) is 84.1 Å². The van der Waals surface area contributed by atoms with Crippen LogP contribution in [0.5, 0.6) is 5.75 Å². The maximum absolute atomic E-state index is 6.67. The van der Waals surface area contributed by atoms with Crippen molar-refractivity contribution in [2.24, 2.45) is 21.9 Å². The molecule has 7 nitrogen and oxygen atoms in total. The van der Waals surface area contributed by atoms with Crippen LogP contribution < -0.4 is 21.2 Å². The largest absolute Gasteiger partial charge is 0.544 e. The predicted molar refractivity (Wildman–Crippen MR) is 161 cm³/mol. The van der Waals surface area contributed by atoms with Gasteiger partial charge < -0.3 is 21.2 Å². The molecule has 37 heavy (non-hydrogen) atoms. The molecule has 9 heteroatoms. The molecular weight excluding hydrogens is 544 g/mol. The van der Waals surface area contributed by atoms with E-state index >= 15 is 0 Å². The topological polar surface area (TPSA) is 103 Å². The number of nitrogens with two attached hydrogens (primary N) is 2. The number of hydrogen-bond donors (Lipinski definition) is 3. The summed E-state index contributed by atoms with van der Waals surface area (Å²) in [4.78, 5) is 4.75. The lowest BCUT2D eigenvalue weighted by Crippen LogP contribution is -2.51. The number of nitrogens with one attached hydrogen (secondary N) is 1. The maximum atomic E-state index is 6.67. The van der Waals surface area contributed by atoms with Gasteiger partial charge in [0.1, 0.15) is 11.6 Å². The van der Waals surface area contributed by atoms with Crippen LogP contribution in [-0.2, 0) is 0 Å². The number of anilines is 1. The van der Waals surface area contributed by atoms with Crippen molar-refractivity contribution in [1.29, 1.82) is 0 Å². The van der Waals surface area contributed by atoms with E-state index in [1.54, 1.807) is 6.20 Å². The molecule has 2 atom stereocenters. The molecular formula is C28H41BrN6OSi. The molecule has 0 aliphatic heterocycles. The summed E-state index contributed by atoms with van der Waals surface area (Å²) in [6, 6.07) is 10.1. The fraction of sp³-hybridized carbons (Fsp3) is 0.500. The molecule has 1 aliphatic carbocycles. The first-order valence-corrected chi connectivity index (χ1v) is 16.6. The molecule has 1 aliphatic rings. The van der Waals surface area contributed by atoms with Crippen LogP contribution in [-0.4, -0.2) is 35.3 Å². The van der Waals surface area contributed by atoms with Gasteiger partial charge in [-0.3, -0.25) is 0 Å². The first-order valence-electron chi connectivity index (χ1n) is 12.9. The van der Waals surface area contributed by atoms with Crippen LogP contribution in [0.3, 0.4) is 0 Å². The summed E-state index contributed by atoms with van der Waals surface area (Å²) in [5, 5.41) is 8.51. The second kappa shape index (κ2) is 9.43. The van der Waals surface area contributed by atoms with Gasteiger partial charge in [0.05, 0.1) is 28.7 Å². The quantitative estimate of drug-likeness (QED) is 0.167. The number of hydrogen-bond acceptors (Lipinski definition) is 5. The van der Waals surface area contributed by atoms with Crippen molar-refractivity contribution in [1.82, 2.24) is 9.61 Å². The Morgan fingerprint density at radius 1 is 1.22 bits per heavy atom. The highest BCUT2D eigenvalue weighted by molar-refractivity contribution is 9.10. The van der Waals surface area contributed by atoms with Crippen LogP contribution in [0, 0.1) is 5.41 Å². The Hall–Kier alpha value is -2.36. The summed E-state index contributed by atoms with van der Waals surface area (Å²) in [6.07, 6.45) is 5.64. The highest BCUT2D eigenvalue weighted by Crippen LogP contribution is 2.46. The van der Waals surface area contributed by atoms with Gasteiger partial charge in [0.2, 0.25) is 8.32 Å². The summed E-state index contributed by atoms with van der Waals surface area (Å²) in [5.74, 6) is 1.26. The van der Waals surface area contributed by atoms with Crippen LogP contribution in [0.15, 0.2) is 52.2 Å². The molecule has 0 radical (unpaired) electrons. The van der Waals surface area contributed by atoms with E-state index in [-0.39, 0.29) is 22.0 Å². The number of benzene rings is 1. The molecule has 0 spiro atoms. The average Bonchev–Trinajstić information content (AvgIpc) is 3.25. The molecule has 3 aromatic rings. The van der Waals surface area contributed by atoms with Crippen LogP contribution in [0.2, 0.25) is 18.1 Å². The lowest BCUT2D eigenvalue weighted by Gasteiger charge is -2.39. The van der Waals surface area contributed by atoms with Crippen LogP contribution >= 0.6 is 15.9 Å². The van der Waals surface area contributed by atoms with Gasteiger partial charge in [-0.1, -0.05) is 34.6 Å². The third kappa shape index (κ3) is 5.31. The Morgan fingerprint density at radius 2 is 1.86 bits per heavy atom. The summed E-state index contributed by atoms with van der Waals surface area (Å²) in [6.45, 7) is 17.8. The van der Waals surface area contributed by atoms with E-state index in [0.29, 0.717) is 5.84 Å². The summed E-state index contributed by atoms with van der Waals surface area (Å²) >= 11 is 3.59. The first kappa shape index (κ1) is 27.7. The highest BCUT2D eigenvalue weighted by Gasteiger charge is 2.49. The second-order valence-corrected chi connectivity index (χ2v) is 18.3. The molecule has 1 fully saturated rings. The fourth-order valence-corrected chi connectivity index (χ4v) is 6.00. The van der Waals surface area contributed by atoms with E-state index in [9.17, 15) is 0 Å². The van der Waals surface area contributed by atoms with Crippen molar-refractivity contribution in [3.63, 3.8) is 0 Å². The van der Waals surface area contributed by atoms with Gasteiger partial charge in [-0.15, -0.1) is 0 Å². The van der Waals surface area contributed by atoms with Gasteiger partial charge in [0, 0.05) is 27.7 Å². The Bertz CT molecular complexity index is 1320. The molecule has 1 saturated carbocycles. The van der Waals surface area contributed by atoms with Gasteiger partial charge in [-0.05, 0) is 84.2 Å². The standard InChI is InChI=1S/C28H41BrN6OSi/c1-26(2,3)37(7,8)36-20-11-9-19(10-12-20)33-25(30)21-16-32-35-17-18(29)15-22(35)24(21)34-23-13-14-28(6,31)27(23,4)5/h9-12,15-17,23,34H,13-14,31H2,1-8H3,(H2,30,33). The fourth-order valence-electron chi connectivity index (χ4n) is 4.56. The molecule has 1 aromatic carbocycles. The molecule has 0 amide bonds.